The molecule has 0 unspecified atom stereocenters. The summed E-state index contributed by atoms with van der Waals surface area (Å²) in [5.74, 6) is 0. The monoisotopic (exact) mass is 198 g/mol. The van der Waals surface area contributed by atoms with E-state index in [2.05, 4.69) is 18.7 Å². The Bertz CT molecular complexity index is 282. The molecule has 0 saturated heterocycles. The van der Waals surface area contributed by atoms with Crippen molar-refractivity contribution in [2.24, 2.45) is 0 Å². The minimum atomic E-state index is 0.709. The summed E-state index contributed by atoms with van der Waals surface area (Å²) in [7, 11) is 0. The molecule has 0 amide bonds. The highest BCUT2D eigenvalue weighted by Gasteiger charge is 2.05. The van der Waals surface area contributed by atoms with Crippen molar-refractivity contribution < 1.29 is 0 Å². The van der Waals surface area contributed by atoms with Crippen molar-refractivity contribution in [2.75, 3.05) is 23.7 Å². The summed E-state index contributed by atoms with van der Waals surface area (Å²) in [5, 5.41) is 0.726. The normalized spacial score (nSPS) is 10.1. The molecule has 0 saturated carbocycles. The molecule has 13 heavy (non-hydrogen) atoms. The Morgan fingerprint density at radius 2 is 1.92 bits per heavy atom. The largest absolute Gasteiger partial charge is 0.399 e. The third-order valence-corrected chi connectivity index (χ3v) is 2.38. The Morgan fingerprint density at radius 3 is 2.38 bits per heavy atom. The minimum Gasteiger partial charge on any atom is -0.399 e. The molecule has 0 aromatic heterocycles. The molecule has 0 aliphatic rings. The van der Waals surface area contributed by atoms with Crippen LogP contribution in [0.25, 0.3) is 0 Å². The summed E-state index contributed by atoms with van der Waals surface area (Å²) >= 11 is 6.06. The molecule has 0 radical (unpaired) electrons. The first kappa shape index (κ1) is 10.2. The van der Waals surface area contributed by atoms with Gasteiger partial charge in [-0.15, -0.1) is 0 Å². The number of benzene rings is 1. The number of nitrogens with zero attached hydrogens (tertiary/aromatic N) is 1. The van der Waals surface area contributed by atoms with Gasteiger partial charge in [0.1, 0.15) is 0 Å². The predicted octanol–water partition coefficient (Wildman–Crippen LogP) is 2.77. The highest BCUT2D eigenvalue weighted by atomic mass is 35.5. The van der Waals surface area contributed by atoms with Crippen molar-refractivity contribution in [3.8, 4) is 0 Å². The smallest absolute Gasteiger partial charge is 0.0660 e. The lowest BCUT2D eigenvalue weighted by atomic mass is 10.2. The van der Waals surface area contributed by atoms with Crippen LogP contribution in [0.4, 0.5) is 11.4 Å². The fourth-order valence-electron chi connectivity index (χ4n) is 1.34. The van der Waals surface area contributed by atoms with Crippen LogP contribution in [0.1, 0.15) is 13.8 Å². The van der Waals surface area contributed by atoms with Gasteiger partial charge < -0.3 is 10.6 Å². The average molecular weight is 199 g/mol. The Morgan fingerprint density at radius 1 is 1.31 bits per heavy atom. The highest BCUT2D eigenvalue weighted by Crippen LogP contribution is 2.27. The molecule has 0 atom stereocenters. The van der Waals surface area contributed by atoms with Crippen LogP contribution in [0.3, 0.4) is 0 Å². The molecule has 1 aromatic carbocycles. The number of anilines is 2. The van der Waals surface area contributed by atoms with Crippen LogP contribution < -0.4 is 10.6 Å². The van der Waals surface area contributed by atoms with Gasteiger partial charge in [0.25, 0.3) is 0 Å². The van der Waals surface area contributed by atoms with E-state index in [9.17, 15) is 0 Å². The summed E-state index contributed by atoms with van der Waals surface area (Å²) in [6.07, 6.45) is 0. The van der Waals surface area contributed by atoms with Crippen molar-refractivity contribution >= 4 is 23.0 Å². The van der Waals surface area contributed by atoms with Crippen molar-refractivity contribution in [1.29, 1.82) is 0 Å². The highest BCUT2D eigenvalue weighted by molar-refractivity contribution is 6.33. The zero-order chi connectivity index (χ0) is 9.84. The molecule has 1 rings (SSSR count). The van der Waals surface area contributed by atoms with E-state index < -0.39 is 0 Å². The molecule has 0 heterocycles. The van der Waals surface area contributed by atoms with Crippen LogP contribution in [0.15, 0.2) is 18.2 Å². The second kappa shape index (κ2) is 4.38. The summed E-state index contributed by atoms with van der Waals surface area (Å²) in [6, 6.07) is 5.62. The van der Waals surface area contributed by atoms with Gasteiger partial charge in [-0.05, 0) is 32.0 Å². The van der Waals surface area contributed by atoms with Crippen LogP contribution in [-0.4, -0.2) is 13.1 Å². The van der Waals surface area contributed by atoms with E-state index in [1.54, 1.807) is 6.07 Å². The third kappa shape index (κ3) is 2.28. The first-order chi connectivity index (χ1) is 6.19. The van der Waals surface area contributed by atoms with Crippen LogP contribution in [0.2, 0.25) is 5.02 Å². The van der Waals surface area contributed by atoms with Crippen LogP contribution >= 0.6 is 11.6 Å². The zero-order valence-corrected chi connectivity index (χ0v) is 8.80. The maximum Gasteiger partial charge on any atom is 0.0660 e. The predicted molar refractivity (Wildman–Crippen MR) is 59.4 cm³/mol. The van der Waals surface area contributed by atoms with E-state index in [4.69, 9.17) is 17.3 Å². The fourth-order valence-corrected chi connectivity index (χ4v) is 1.65. The van der Waals surface area contributed by atoms with Crippen LogP contribution in [0.5, 0.6) is 0 Å². The van der Waals surface area contributed by atoms with E-state index in [0.717, 1.165) is 23.8 Å². The Labute approximate surface area is 84.3 Å². The van der Waals surface area contributed by atoms with E-state index in [-0.39, 0.29) is 0 Å². The average Bonchev–Trinajstić information content (AvgIpc) is 2.10. The van der Waals surface area contributed by atoms with E-state index in [1.807, 2.05) is 12.1 Å². The Kier molecular flexibility index (Phi) is 3.43. The summed E-state index contributed by atoms with van der Waals surface area (Å²) < 4.78 is 0. The summed E-state index contributed by atoms with van der Waals surface area (Å²) in [6.45, 7) is 6.13. The molecule has 0 aliphatic heterocycles. The molecule has 0 bridgehead atoms. The van der Waals surface area contributed by atoms with Gasteiger partial charge >= 0.3 is 0 Å². The summed E-state index contributed by atoms with van der Waals surface area (Å²) in [4.78, 5) is 2.20. The first-order valence-corrected chi connectivity index (χ1v) is 4.86. The van der Waals surface area contributed by atoms with Gasteiger partial charge in [-0.2, -0.15) is 0 Å². The van der Waals surface area contributed by atoms with Crippen molar-refractivity contribution in [2.45, 2.75) is 13.8 Å². The van der Waals surface area contributed by atoms with E-state index in [0.29, 0.717) is 5.69 Å². The lowest BCUT2D eigenvalue weighted by molar-refractivity contribution is 0.866. The quantitative estimate of drug-likeness (QED) is 0.757. The van der Waals surface area contributed by atoms with Gasteiger partial charge in [-0.3, -0.25) is 0 Å². The molecule has 0 spiro atoms. The molecule has 2 nitrogen and oxygen atoms in total. The fraction of sp³-hybridized carbons (Fsp3) is 0.400. The van der Waals surface area contributed by atoms with Gasteiger partial charge in [-0.1, -0.05) is 11.6 Å². The maximum absolute atomic E-state index is 6.06. The SMILES string of the molecule is CCN(CC)c1ccc(N)cc1Cl. The van der Waals surface area contributed by atoms with Gasteiger partial charge in [0.2, 0.25) is 0 Å². The van der Waals surface area contributed by atoms with Gasteiger partial charge in [0.05, 0.1) is 10.7 Å². The first-order valence-electron chi connectivity index (χ1n) is 4.49. The van der Waals surface area contributed by atoms with Crippen LogP contribution in [-0.2, 0) is 0 Å². The number of nitrogen functional groups attached to an aromatic ring is 1. The zero-order valence-electron chi connectivity index (χ0n) is 8.05. The standard InChI is InChI=1S/C10H15ClN2/c1-3-13(4-2)10-6-5-8(12)7-9(10)11/h5-7H,3-4,12H2,1-2H3. The molecule has 3 heteroatoms. The van der Waals surface area contributed by atoms with Gasteiger partial charge in [0, 0.05) is 18.8 Å². The summed E-state index contributed by atoms with van der Waals surface area (Å²) in [5.41, 5.74) is 7.37. The molecule has 0 fully saturated rings. The third-order valence-electron chi connectivity index (χ3n) is 2.08. The number of rotatable bonds is 3. The molecule has 2 N–H and O–H groups in total. The topological polar surface area (TPSA) is 29.3 Å². The lowest BCUT2D eigenvalue weighted by Gasteiger charge is -2.22. The molecule has 72 valence electrons. The van der Waals surface area contributed by atoms with Crippen LogP contribution in [0, 0.1) is 0 Å². The Hall–Kier alpha value is -0.890. The minimum absolute atomic E-state index is 0.709. The lowest BCUT2D eigenvalue weighted by Crippen LogP contribution is -2.22. The van der Waals surface area contributed by atoms with E-state index in [1.165, 1.54) is 0 Å². The number of hydrogen-bond donors (Lipinski definition) is 1. The molecule has 0 aliphatic carbocycles. The number of hydrogen-bond acceptors (Lipinski definition) is 2. The molecular formula is C10H15ClN2. The van der Waals surface area contributed by atoms with Crippen molar-refractivity contribution in [3.05, 3.63) is 23.2 Å². The van der Waals surface area contributed by atoms with Gasteiger partial charge in [-0.25, -0.2) is 0 Å². The second-order valence-corrected chi connectivity index (χ2v) is 3.29. The van der Waals surface area contributed by atoms with E-state index >= 15 is 0 Å². The second-order valence-electron chi connectivity index (χ2n) is 2.88. The van der Waals surface area contributed by atoms with Crippen molar-refractivity contribution in [3.63, 3.8) is 0 Å². The number of nitrogens with two attached hydrogens (primary N) is 1. The van der Waals surface area contributed by atoms with Gasteiger partial charge in [0.15, 0.2) is 0 Å². The molecule has 1 aromatic rings. The maximum atomic E-state index is 6.06. The molecular weight excluding hydrogens is 184 g/mol. The van der Waals surface area contributed by atoms with Crippen molar-refractivity contribution in [1.82, 2.24) is 0 Å². The Balaban J connectivity index is 2.99. The number of halogens is 1.